The lowest BCUT2D eigenvalue weighted by Gasteiger charge is -2.09. The van der Waals surface area contributed by atoms with Gasteiger partial charge in [-0.1, -0.05) is 12.1 Å². The minimum Gasteiger partial charge on any atom is -0.487 e. The summed E-state index contributed by atoms with van der Waals surface area (Å²) in [6.45, 7) is 4.46. The van der Waals surface area contributed by atoms with Gasteiger partial charge in [0.05, 0.1) is 5.69 Å². The molecule has 0 aliphatic carbocycles. The first-order valence-electron chi connectivity index (χ1n) is 6.10. The summed E-state index contributed by atoms with van der Waals surface area (Å²) in [5.41, 5.74) is 1.80. The zero-order chi connectivity index (χ0) is 13.8. The number of hydrogen-bond acceptors (Lipinski definition) is 3. The van der Waals surface area contributed by atoms with E-state index >= 15 is 0 Å². The second-order valence-corrected chi connectivity index (χ2v) is 4.25. The molecule has 0 amide bonds. The molecule has 0 unspecified atom stereocenters. The number of nitrogens with zero attached hydrogens (tertiary/aromatic N) is 2. The van der Waals surface area contributed by atoms with Crippen LogP contribution in [0, 0.1) is 19.7 Å². The first-order valence-corrected chi connectivity index (χ1v) is 6.10. The third-order valence-corrected chi connectivity index (χ3v) is 2.87. The summed E-state index contributed by atoms with van der Waals surface area (Å²) in [5, 5.41) is 4.25. The fraction of sp³-hybridized carbons (Fsp3) is 0.357. The van der Waals surface area contributed by atoms with Crippen molar-refractivity contribution in [1.29, 1.82) is 0 Å². The lowest BCUT2D eigenvalue weighted by molar-refractivity contribution is 0.210. The molecule has 1 aromatic carbocycles. The molecule has 0 radical (unpaired) electrons. The highest BCUT2D eigenvalue weighted by molar-refractivity contribution is 5.31. The molecule has 2 rings (SSSR count). The van der Waals surface area contributed by atoms with Crippen LogP contribution in [0.15, 0.2) is 24.3 Å². The van der Waals surface area contributed by atoms with Crippen molar-refractivity contribution in [3.05, 3.63) is 41.5 Å². The first kappa shape index (κ1) is 13.4. The number of ether oxygens (including phenoxy) is 2. The summed E-state index contributed by atoms with van der Waals surface area (Å²) in [6.07, 6.45) is 0. The molecule has 1 aromatic heterocycles. The monoisotopic (exact) mass is 264 g/mol. The van der Waals surface area contributed by atoms with E-state index in [2.05, 4.69) is 5.10 Å². The van der Waals surface area contributed by atoms with Gasteiger partial charge in [0, 0.05) is 7.05 Å². The van der Waals surface area contributed by atoms with Crippen LogP contribution in [0.4, 0.5) is 4.39 Å². The Morgan fingerprint density at radius 1 is 1.16 bits per heavy atom. The van der Waals surface area contributed by atoms with Crippen LogP contribution in [0.1, 0.15) is 11.4 Å². The number of halogens is 1. The molecule has 2 aromatic rings. The molecule has 19 heavy (non-hydrogen) atoms. The highest BCUT2D eigenvalue weighted by Crippen LogP contribution is 2.21. The number of aromatic nitrogens is 2. The summed E-state index contributed by atoms with van der Waals surface area (Å²) in [7, 11) is 1.87. The normalized spacial score (nSPS) is 10.5. The van der Waals surface area contributed by atoms with Crippen LogP contribution in [0.2, 0.25) is 0 Å². The molecule has 0 bridgehead atoms. The SMILES string of the molecule is Cc1nn(C)c(C)c1OCCOc1ccccc1F. The van der Waals surface area contributed by atoms with Gasteiger partial charge in [0.15, 0.2) is 17.3 Å². The van der Waals surface area contributed by atoms with E-state index < -0.39 is 0 Å². The van der Waals surface area contributed by atoms with Gasteiger partial charge >= 0.3 is 0 Å². The van der Waals surface area contributed by atoms with Gasteiger partial charge < -0.3 is 9.47 Å². The molecule has 0 saturated carbocycles. The van der Waals surface area contributed by atoms with E-state index in [1.807, 2.05) is 20.9 Å². The molecule has 102 valence electrons. The van der Waals surface area contributed by atoms with Crippen molar-refractivity contribution in [2.75, 3.05) is 13.2 Å². The van der Waals surface area contributed by atoms with E-state index in [-0.39, 0.29) is 18.2 Å². The van der Waals surface area contributed by atoms with E-state index in [9.17, 15) is 4.39 Å². The maximum Gasteiger partial charge on any atom is 0.165 e. The lowest BCUT2D eigenvalue weighted by atomic mass is 10.3. The highest BCUT2D eigenvalue weighted by atomic mass is 19.1. The van der Waals surface area contributed by atoms with Crippen LogP contribution < -0.4 is 9.47 Å². The second-order valence-electron chi connectivity index (χ2n) is 4.25. The van der Waals surface area contributed by atoms with Crippen molar-refractivity contribution in [3.63, 3.8) is 0 Å². The molecular weight excluding hydrogens is 247 g/mol. The van der Waals surface area contributed by atoms with Gasteiger partial charge in [-0.3, -0.25) is 4.68 Å². The van der Waals surface area contributed by atoms with Crippen LogP contribution >= 0.6 is 0 Å². The van der Waals surface area contributed by atoms with Gasteiger partial charge in [-0.2, -0.15) is 5.10 Å². The molecular formula is C14H17FN2O2. The van der Waals surface area contributed by atoms with Crippen LogP contribution in [-0.4, -0.2) is 23.0 Å². The van der Waals surface area contributed by atoms with Crippen LogP contribution in [-0.2, 0) is 7.05 Å². The minimum atomic E-state index is -0.365. The standard InChI is InChI=1S/C14H17FN2O2/c1-10-14(11(2)17(3)16-10)19-9-8-18-13-7-5-4-6-12(13)15/h4-7H,8-9H2,1-3H3. The maximum atomic E-state index is 13.3. The Bertz CT molecular complexity index is 567. The molecule has 5 heteroatoms. The Morgan fingerprint density at radius 2 is 1.84 bits per heavy atom. The molecule has 0 N–H and O–H groups in total. The van der Waals surface area contributed by atoms with Crippen LogP contribution in [0.5, 0.6) is 11.5 Å². The average Bonchev–Trinajstić information content (AvgIpc) is 2.62. The summed E-state index contributed by atoms with van der Waals surface area (Å²) in [5.74, 6) is 0.640. The third-order valence-electron chi connectivity index (χ3n) is 2.87. The molecule has 0 atom stereocenters. The van der Waals surface area contributed by atoms with Crippen molar-refractivity contribution < 1.29 is 13.9 Å². The number of benzene rings is 1. The highest BCUT2D eigenvalue weighted by Gasteiger charge is 2.10. The van der Waals surface area contributed by atoms with Gasteiger partial charge in [0.25, 0.3) is 0 Å². The van der Waals surface area contributed by atoms with Crippen molar-refractivity contribution >= 4 is 0 Å². The predicted octanol–water partition coefficient (Wildman–Crippen LogP) is 2.63. The zero-order valence-electron chi connectivity index (χ0n) is 11.3. The van der Waals surface area contributed by atoms with Crippen molar-refractivity contribution in [3.8, 4) is 11.5 Å². The van der Waals surface area contributed by atoms with E-state index in [1.54, 1.807) is 22.9 Å². The summed E-state index contributed by atoms with van der Waals surface area (Å²) in [4.78, 5) is 0. The summed E-state index contributed by atoms with van der Waals surface area (Å²) in [6, 6.07) is 6.32. The van der Waals surface area contributed by atoms with E-state index in [0.29, 0.717) is 6.61 Å². The van der Waals surface area contributed by atoms with Crippen LogP contribution in [0.3, 0.4) is 0 Å². The maximum absolute atomic E-state index is 13.3. The van der Waals surface area contributed by atoms with Gasteiger partial charge in [0.1, 0.15) is 18.9 Å². The fourth-order valence-electron chi connectivity index (χ4n) is 1.82. The Hall–Kier alpha value is -2.04. The molecule has 4 nitrogen and oxygen atoms in total. The summed E-state index contributed by atoms with van der Waals surface area (Å²) >= 11 is 0. The first-order chi connectivity index (χ1) is 9.09. The number of aryl methyl sites for hydroxylation is 2. The van der Waals surface area contributed by atoms with Crippen LogP contribution in [0.25, 0.3) is 0 Å². The molecule has 0 fully saturated rings. The minimum absolute atomic E-state index is 0.241. The molecule has 0 aliphatic heterocycles. The Morgan fingerprint density at radius 3 is 2.47 bits per heavy atom. The second kappa shape index (κ2) is 5.73. The topological polar surface area (TPSA) is 36.3 Å². The van der Waals surface area contributed by atoms with Crippen molar-refractivity contribution in [2.45, 2.75) is 13.8 Å². The van der Waals surface area contributed by atoms with Gasteiger partial charge in [-0.05, 0) is 26.0 Å². The quantitative estimate of drug-likeness (QED) is 0.779. The van der Waals surface area contributed by atoms with Gasteiger partial charge in [-0.15, -0.1) is 0 Å². The van der Waals surface area contributed by atoms with Gasteiger partial charge in [-0.25, -0.2) is 4.39 Å². The average molecular weight is 264 g/mol. The largest absolute Gasteiger partial charge is 0.487 e. The van der Waals surface area contributed by atoms with E-state index in [1.165, 1.54) is 6.07 Å². The van der Waals surface area contributed by atoms with E-state index in [4.69, 9.17) is 9.47 Å². The third kappa shape index (κ3) is 3.05. The lowest BCUT2D eigenvalue weighted by Crippen LogP contribution is -2.10. The number of para-hydroxylation sites is 1. The Kier molecular flexibility index (Phi) is 4.04. The van der Waals surface area contributed by atoms with E-state index in [0.717, 1.165) is 17.1 Å². The predicted molar refractivity (Wildman–Crippen MR) is 70.1 cm³/mol. The fourth-order valence-corrected chi connectivity index (χ4v) is 1.82. The smallest absolute Gasteiger partial charge is 0.165 e. The Labute approximate surface area is 111 Å². The zero-order valence-corrected chi connectivity index (χ0v) is 11.3. The molecule has 0 saturated heterocycles. The van der Waals surface area contributed by atoms with Crippen molar-refractivity contribution in [2.24, 2.45) is 7.05 Å². The number of hydrogen-bond donors (Lipinski definition) is 0. The van der Waals surface area contributed by atoms with Gasteiger partial charge in [0.2, 0.25) is 0 Å². The Balaban J connectivity index is 1.86. The number of rotatable bonds is 5. The molecule has 0 spiro atoms. The van der Waals surface area contributed by atoms with Crippen molar-refractivity contribution in [1.82, 2.24) is 9.78 Å². The summed E-state index contributed by atoms with van der Waals surface area (Å²) < 4.78 is 26.0. The molecule has 1 heterocycles. The molecule has 0 aliphatic rings.